The van der Waals surface area contributed by atoms with E-state index in [1.807, 2.05) is 61.5 Å². The molecule has 188 valence electrons. The minimum Gasteiger partial charge on any atom is -0.489 e. The van der Waals surface area contributed by atoms with Crippen molar-refractivity contribution in [3.63, 3.8) is 0 Å². The number of aryl methyl sites for hydroxylation is 1. The molecule has 8 nitrogen and oxygen atoms in total. The highest BCUT2D eigenvalue weighted by molar-refractivity contribution is 5.90. The van der Waals surface area contributed by atoms with Gasteiger partial charge in [0.25, 0.3) is 0 Å². The number of para-hydroxylation sites is 1. The fourth-order valence-electron chi connectivity index (χ4n) is 5.74. The number of likely N-dealkylation sites (tertiary alicyclic amines) is 1. The fraction of sp³-hybridized carbons (Fsp3) is 0.393. The Labute approximate surface area is 210 Å². The van der Waals surface area contributed by atoms with Crippen LogP contribution in [0.3, 0.4) is 0 Å². The van der Waals surface area contributed by atoms with E-state index in [0.29, 0.717) is 31.7 Å². The van der Waals surface area contributed by atoms with E-state index in [1.165, 1.54) is 0 Å². The lowest BCUT2D eigenvalue weighted by molar-refractivity contribution is -0.142. The Balaban J connectivity index is 1.30. The van der Waals surface area contributed by atoms with Crippen LogP contribution in [0, 0.1) is 12.8 Å². The van der Waals surface area contributed by atoms with Crippen LogP contribution in [-0.4, -0.2) is 39.5 Å². The average molecular weight is 489 g/mol. The van der Waals surface area contributed by atoms with Crippen LogP contribution in [0.2, 0.25) is 0 Å². The number of fused-ring (bicyclic) bond motifs is 1. The standard InChI is InChI=1S/C28H32N4O4/c1-18-16-19(22-6-2-4-8-24(22)30-18)17-36-21-12-10-20(11-13-21)28(29)14-15-32(27(28)34)25-9-5-3-7-23(25)26(33)31-35/h2,4,6,8,10-13,16,23,25,35H,3,5,7,9,14-15,17,29H2,1H3,(H,31,33)/t23-,25-,28?/m0/s1. The molecule has 2 aliphatic rings. The van der Waals surface area contributed by atoms with Crippen molar-refractivity contribution in [2.75, 3.05) is 6.54 Å². The number of carbonyl (C=O) groups excluding carboxylic acids is 2. The number of ether oxygens (including phenoxy) is 1. The van der Waals surface area contributed by atoms with Crippen molar-refractivity contribution in [1.82, 2.24) is 15.4 Å². The van der Waals surface area contributed by atoms with Gasteiger partial charge in [-0.25, -0.2) is 5.48 Å². The van der Waals surface area contributed by atoms with E-state index in [-0.39, 0.29) is 11.9 Å². The molecular formula is C28H32N4O4. The molecule has 4 N–H and O–H groups in total. The van der Waals surface area contributed by atoms with E-state index < -0.39 is 17.4 Å². The summed E-state index contributed by atoms with van der Waals surface area (Å²) in [6.45, 7) is 2.86. The Morgan fingerprint density at radius 2 is 1.94 bits per heavy atom. The number of rotatable bonds is 6. The van der Waals surface area contributed by atoms with Crippen LogP contribution in [0.5, 0.6) is 5.75 Å². The van der Waals surface area contributed by atoms with Crippen molar-refractivity contribution in [3.05, 3.63) is 71.4 Å². The molecule has 1 aliphatic carbocycles. The van der Waals surface area contributed by atoms with Gasteiger partial charge < -0.3 is 15.4 Å². The quantitative estimate of drug-likeness (QED) is 0.361. The first-order valence-electron chi connectivity index (χ1n) is 12.5. The molecule has 1 unspecified atom stereocenters. The number of amides is 2. The minimum atomic E-state index is -1.14. The highest BCUT2D eigenvalue weighted by Gasteiger charge is 2.49. The zero-order valence-corrected chi connectivity index (χ0v) is 20.4. The van der Waals surface area contributed by atoms with E-state index in [2.05, 4.69) is 4.98 Å². The van der Waals surface area contributed by atoms with Crippen molar-refractivity contribution in [2.24, 2.45) is 11.7 Å². The van der Waals surface area contributed by atoms with E-state index in [0.717, 1.165) is 47.0 Å². The van der Waals surface area contributed by atoms with Crippen LogP contribution < -0.4 is 16.0 Å². The van der Waals surface area contributed by atoms with E-state index >= 15 is 0 Å². The van der Waals surface area contributed by atoms with Crippen molar-refractivity contribution in [3.8, 4) is 5.75 Å². The Morgan fingerprint density at radius 3 is 2.72 bits per heavy atom. The van der Waals surface area contributed by atoms with Crippen LogP contribution in [0.1, 0.15) is 48.9 Å². The molecule has 36 heavy (non-hydrogen) atoms. The molecule has 1 saturated heterocycles. The number of nitrogens with two attached hydrogens (primary N) is 1. The van der Waals surface area contributed by atoms with Gasteiger partial charge in [0.05, 0.1) is 11.4 Å². The molecule has 2 fully saturated rings. The predicted molar refractivity (Wildman–Crippen MR) is 135 cm³/mol. The number of hydroxylamine groups is 1. The second kappa shape index (κ2) is 9.87. The predicted octanol–water partition coefficient (Wildman–Crippen LogP) is 3.57. The Hall–Kier alpha value is -3.49. The molecule has 2 heterocycles. The van der Waals surface area contributed by atoms with Crippen LogP contribution in [0.15, 0.2) is 54.6 Å². The van der Waals surface area contributed by atoms with Crippen LogP contribution in [-0.2, 0) is 21.7 Å². The van der Waals surface area contributed by atoms with Crippen LogP contribution >= 0.6 is 0 Å². The summed E-state index contributed by atoms with van der Waals surface area (Å²) >= 11 is 0. The summed E-state index contributed by atoms with van der Waals surface area (Å²) in [5, 5.41) is 10.2. The lowest BCUT2D eigenvalue weighted by Crippen LogP contribution is -2.52. The van der Waals surface area contributed by atoms with Gasteiger partial charge in [0.2, 0.25) is 11.8 Å². The molecule has 3 aromatic rings. The number of pyridine rings is 1. The number of benzene rings is 2. The first kappa shape index (κ1) is 24.2. The topological polar surface area (TPSA) is 118 Å². The molecule has 8 heteroatoms. The first-order valence-corrected chi connectivity index (χ1v) is 12.5. The molecule has 0 bridgehead atoms. The summed E-state index contributed by atoms with van der Waals surface area (Å²) in [5.41, 5.74) is 11.0. The van der Waals surface area contributed by atoms with Gasteiger partial charge in [-0.2, -0.15) is 0 Å². The Kier molecular flexibility index (Phi) is 6.64. The molecule has 1 saturated carbocycles. The zero-order valence-electron chi connectivity index (χ0n) is 20.4. The maximum Gasteiger partial charge on any atom is 0.248 e. The second-order valence-corrected chi connectivity index (χ2v) is 9.91. The summed E-state index contributed by atoms with van der Waals surface area (Å²) in [5.74, 6) is -0.327. The highest BCUT2D eigenvalue weighted by atomic mass is 16.5. The van der Waals surface area contributed by atoms with E-state index in [9.17, 15) is 9.59 Å². The molecular weight excluding hydrogens is 456 g/mol. The number of nitrogens with zero attached hydrogens (tertiary/aromatic N) is 2. The van der Waals surface area contributed by atoms with Crippen molar-refractivity contribution in [1.29, 1.82) is 0 Å². The lowest BCUT2D eigenvalue weighted by atomic mass is 9.82. The second-order valence-electron chi connectivity index (χ2n) is 9.91. The number of nitrogens with one attached hydrogen (secondary N) is 1. The highest BCUT2D eigenvalue weighted by Crippen LogP contribution is 2.38. The maximum absolute atomic E-state index is 13.5. The Bertz CT molecular complexity index is 1280. The monoisotopic (exact) mass is 488 g/mol. The Morgan fingerprint density at radius 1 is 1.19 bits per heavy atom. The zero-order chi connectivity index (χ0) is 25.3. The summed E-state index contributed by atoms with van der Waals surface area (Å²) in [7, 11) is 0. The molecule has 1 aromatic heterocycles. The SMILES string of the molecule is Cc1cc(COc2ccc(C3(N)CCN([C@H]4CCCC[C@@H]4C(=O)NO)C3=O)cc2)c2ccccc2n1. The normalized spacial score (nSPS) is 24.2. The minimum absolute atomic E-state index is 0.169. The van der Waals surface area contributed by atoms with Gasteiger partial charge in [0.1, 0.15) is 17.9 Å². The molecule has 3 atom stereocenters. The average Bonchev–Trinajstić information content (AvgIpc) is 3.21. The number of aromatic nitrogens is 1. The van der Waals surface area contributed by atoms with Crippen LogP contribution in [0.25, 0.3) is 10.9 Å². The summed E-state index contributed by atoms with van der Waals surface area (Å²) < 4.78 is 6.07. The smallest absolute Gasteiger partial charge is 0.248 e. The summed E-state index contributed by atoms with van der Waals surface area (Å²) in [6, 6.07) is 17.2. The number of hydrogen-bond donors (Lipinski definition) is 3. The van der Waals surface area contributed by atoms with Crippen molar-refractivity contribution < 1.29 is 19.5 Å². The third kappa shape index (κ3) is 4.42. The van der Waals surface area contributed by atoms with E-state index in [1.54, 1.807) is 10.4 Å². The molecule has 2 amide bonds. The van der Waals surface area contributed by atoms with Crippen molar-refractivity contribution >= 4 is 22.7 Å². The number of carbonyl (C=O) groups is 2. The van der Waals surface area contributed by atoms with Gasteiger partial charge in [-0.3, -0.25) is 19.8 Å². The molecule has 1 aliphatic heterocycles. The summed E-state index contributed by atoms with van der Waals surface area (Å²) in [6.07, 6.45) is 3.70. The fourth-order valence-corrected chi connectivity index (χ4v) is 5.74. The summed E-state index contributed by atoms with van der Waals surface area (Å²) in [4.78, 5) is 32.1. The molecule has 0 spiro atoms. The van der Waals surface area contributed by atoms with Gasteiger partial charge in [-0.05, 0) is 56.0 Å². The van der Waals surface area contributed by atoms with Gasteiger partial charge in [0.15, 0.2) is 0 Å². The van der Waals surface area contributed by atoms with Gasteiger partial charge in [-0.1, -0.05) is 43.2 Å². The lowest BCUT2D eigenvalue weighted by Gasteiger charge is -2.37. The number of hydrogen-bond acceptors (Lipinski definition) is 6. The third-order valence-electron chi connectivity index (χ3n) is 7.66. The molecule has 0 radical (unpaired) electrons. The van der Waals surface area contributed by atoms with Crippen LogP contribution in [0.4, 0.5) is 0 Å². The maximum atomic E-state index is 13.5. The molecule has 2 aromatic carbocycles. The van der Waals surface area contributed by atoms with Crippen molar-refractivity contribution in [2.45, 2.75) is 57.2 Å². The first-order chi connectivity index (χ1) is 17.4. The van der Waals surface area contributed by atoms with Gasteiger partial charge >= 0.3 is 0 Å². The third-order valence-corrected chi connectivity index (χ3v) is 7.66. The van der Waals surface area contributed by atoms with E-state index in [4.69, 9.17) is 15.7 Å². The largest absolute Gasteiger partial charge is 0.489 e. The van der Waals surface area contributed by atoms with Gasteiger partial charge in [0, 0.05) is 29.2 Å². The molecule has 5 rings (SSSR count). The van der Waals surface area contributed by atoms with Gasteiger partial charge in [-0.15, -0.1) is 0 Å².